The fourth-order valence-electron chi connectivity index (χ4n) is 3.19. The molecule has 25 heavy (non-hydrogen) atoms. The zero-order valence-electron chi connectivity index (χ0n) is 14.4. The summed E-state index contributed by atoms with van der Waals surface area (Å²) in [5.74, 6) is 0.0439. The van der Waals surface area contributed by atoms with Crippen LogP contribution in [0.25, 0.3) is 0 Å². The minimum atomic E-state index is -0.476. The van der Waals surface area contributed by atoms with Gasteiger partial charge in [-0.15, -0.1) is 24.8 Å². The minimum Gasteiger partial charge on any atom is -0.339 e. The monoisotopic (exact) mass is 384 g/mol. The van der Waals surface area contributed by atoms with Crippen LogP contribution in [0.1, 0.15) is 30.0 Å². The van der Waals surface area contributed by atoms with Gasteiger partial charge in [0.05, 0.1) is 18.3 Å². The third-order valence-corrected chi connectivity index (χ3v) is 4.43. The molecule has 0 bridgehead atoms. The highest BCUT2D eigenvalue weighted by Crippen LogP contribution is 2.22. The third kappa shape index (κ3) is 5.46. The third-order valence-electron chi connectivity index (χ3n) is 4.43. The van der Waals surface area contributed by atoms with E-state index >= 15 is 0 Å². The van der Waals surface area contributed by atoms with Gasteiger partial charge >= 0.3 is 0 Å². The van der Waals surface area contributed by atoms with Gasteiger partial charge in [-0.1, -0.05) is 30.3 Å². The summed E-state index contributed by atoms with van der Waals surface area (Å²) >= 11 is 0. The van der Waals surface area contributed by atoms with E-state index in [9.17, 15) is 4.79 Å². The smallest absolute Gasteiger partial charge is 0.239 e. The second-order valence-corrected chi connectivity index (χ2v) is 6.37. The highest BCUT2D eigenvalue weighted by molar-refractivity contribution is 5.85. The number of carbonyl (C=O) groups excluding carboxylic acids is 1. The van der Waals surface area contributed by atoms with Gasteiger partial charge < -0.3 is 10.6 Å². The number of benzene rings is 1. The van der Waals surface area contributed by atoms with Crippen molar-refractivity contribution in [3.63, 3.8) is 0 Å². The molecular weight excluding hydrogens is 359 g/mol. The normalized spacial score (nSPS) is 18.0. The van der Waals surface area contributed by atoms with Crippen LogP contribution in [0, 0.1) is 6.92 Å². The first-order chi connectivity index (χ1) is 11.1. The molecule has 0 spiro atoms. The molecule has 1 aliphatic rings. The average Bonchev–Trinajstić information content (AvgIpc) is 3.02. The predicted molar refractivity (Wildman–Crippen MR) is 104 cm³/mol. The molecule has 1 fully saturated rings. The van der Waals surface area contributed by atoms with E-state index in [0.717, 1.165) is 30.5 Å². The van der Waals surface area contributed by atoms with Gasteiger partial charge in [0.25, 0.3) is 0 Å². The fourth-order valence-corrected chi connectivity index (χ4v) is 3.19. The van der Waals surface area contributed by atoms with Crippen LogP contribution in [-0.2, 0) is 11.2 Å². The standard InChI is InChI=1S/C18H24N4O.2ClH/c1-14-11-20-22(12-14)16-8-5-9-21(13-16)18(23)17(19)10-15-6-3-2-4-7-15;;/h2-4,6-7,11-12,16-17H,5,8-10,13,19H2,1H3;2*1H. The Hall–Kier alpha value is -1.56. The molecule has 2 unspecified atom stereocenters. The first-order valence-electron chi connectivity index (χ1n) is 8.22. The van der Waals surface area contributed by atoms with Gasteiger partial charge in [-0.05, 0) is 37.3 Å². The average molecular weight is 385 g/mol. The van der Waals surface area contributed by atoms with E-state index in [1.807, 2.05) is 59.2 Å². The molecule has 3 rings (SSSR count). The van der Waals surface area contributed by atoms with Crippen molar-refractivity contribution in [2.45, 2.75) is 38.3 Å². The van der Waals surface area contributed by atoms with Crippen LogP contribution >= 0.6 is 24.8 Å². The number of amides is 1. The van der Waals surface area contributed by atoms with E-state index in [-0.39, 0.29) is 36.8 Å². The zero-order valence-corrected chi connectivity index (χ0v) is 16.0. The highest BCUT2D eigenvalue weighted by atomic mass is 35.5. The van der Waals surface area contributed by atoms with Gasteiger partial charge in [-0.2, -0.15) is 5.10 Å². The fraction of sp³-hybridized carbons (Fsp3) is 0.444. The topological polar surface area (TPSA) is 64.2 Å². The number of likely N-dealkylation sites (tertiary alicyclic amines) is 1. The zero-order chi connectivity index (χ0) is 16.2. The summed E-state index contributed by atoms with van der Waals surface area (Å²) in [4.78, 5) is 14.6. The van der Waals surface area contributed by atoms with E-state index in [0.29, 0.717) is 13.0 Å². The number of aromatic nitrogens is 2. The Kier molecular flexibility index (Phi) is 8.42. The molecule has 0 saturated carbocycles. The second-order valence-electron chi connectivity index (χ2n) is 6.37. The molecule has 0 aliphatic carbocycles. The van der Waals surface area contributed by atoms with Crippen LogP contribution in [0.2, 0.25) is 0 Å². The molecule has 7 heteroatoms. The number of hydrogen-bond acceptors (Lipinski definition) is 3. The molecule has 2 atom stereocenters. The van der Waals surface area contributed by atoms with Crippen LogP contribution in [0.4, 0.5) is 0 Å². The van der Waals surface area contributed by atoms with Gasteiger partial charge in [0, 0.05) is 19.3 Å². The van der Waals surface area contributed by atoms with Gasteiger partial charge in [0.2, 0.25) is 5.91 Å². The van der Waals surface area contributed by atoms with E-state index in [1.165, 1.54) is 0 Å². The van der Waals surface area contributed by atoms with Crippen molar-refractivity contribution in [2.24, 2.45) is 5.73 Å². The predicted octanol–water partition coefficient (Wildman–Crippen LogP) is 2.77. The number of nitrogens with two attached hydrogens (primary N) is 1. The number of nitrogens with zero attached hydrogens (tertiary/aromatic N) is 3. The Bertz CT molecular complexity index is 662. The summed E-state index contributed by atoms with van der Waals surface area (Å²) in [5, 5.41) is 4.39. The van der Waals surface area contributed by atoms with E-state index < -0.39 is 6.04 Å². The molecule has 1 aromatic carbocycles. The lowest BCUT2D eigenvalue weighted by Crippen LogP contribution is -2.49. The van der Waals surface area contributed by atoms with Crippen molar-refractivity contribution in [3.8, 4) is 0 Å². The molecule has 1 saturated heterocycles. The summed E-state index contributed by atoms with van der Waals surface area (Å²) < 4.78 is 1.98. The van der Waals surface area contributed by atoms with Crippen molar-refractivity contribution in [3.05, 3.63) is 53.9 Å². The van der Waals surface area contributed by atoms with Gasteiger partial charge in [-0.25, -0.2) is 0 Å². The molecule has 0 radical (unpaired) electrons. The minimum absolute atomic E-state index is 0. The molecule has 2 aromatic rings. The van der Waals surface area contributed by atoms with Crippen molar-refractivity contribution < 1.29 is 4.79 Å². The van der Waals surface area contributed by atoms with Crippen molar-refractivity contribution in [2.75, 3.05) is 13.1 Å². The molecule has 1 amide bonds. The Labute approximate surface area is 161 Å². The maximum atomic E-state index is 12.7. The van der Waals surface area contributed by atoms with Crippen molar-refractivity contribution in [1.82, 2.24) is 14.7 Å². The number of piperidine rings is 1. The SMILES string of the molecule is Cc1cnn(C2CCCN(C(=O)C(N)Cc3ccccc3)C2)c1.Cl.Cl. The molecule has 1 aromatic heterocycles. The number of aryl methyl sites for hydroxylation is 1. The highest BCUT2D eigenvalue weighted by Gasteiger charge is 2.28. The molecule has 2 heterocycles. The quantitative estimate of drug-likeness (QED) is 0.880. The Balaban J connectivity index is 0.00000156. The lowest BCUT2D eigenvalue weighted by molar-refractivity contribution is -0.134. The lowest BCUT2D eigenvalue weighted by atomic mass is 10.0. The van der Waals surface area contributed by atoms with Crippen molar-refractivity contribution in [1.29, 1.82) is 0 Å². The molecule has 5 nitrogen and oxygen atoms in total. The van der Waals surface area contributed by atoms with Crippen LogP contribution in [-0.4, -0.2) is 39.7 Å². The van der Waals surface area contributed by atoms with Crippen LogP contribution in [0.3, 0.4) is 0 Å². The van der Waals surface area contributed by atoms with E-state index in [1.54, 1.807) is 0 Å². The maximum absolute atomic E-state index is 12.7. The van der Waals surface area contributed by atoms with Gasteiger partial charge in [-0.3, -0.25) is 9.48 Å². The summed E-state index contributed by atoms with van der Waals surface area (Å²) in [7, 11) is 0. The summed E-state index contributed by atoms with van der Waals surface area (Å²) in [6, 6.07) is 9.73. The van der Waals surface area contributed by atoms with Crippen molar-refractivity contribution >= 4 is 30.7 Å². The number of rotatable bonds is 4. The number of carbonyl (C=O) groups is 1. The summed E-state index contributed by atoms with van der Waals surface area (Å²) in [6.45, 7) is 3.52. The number of halogens is 2. The summed E-state index contributed by atoms with van der Waals surface area (Å²) in [6.07, 6.45) is 6.54. The second kappa shape index (κ2) is 9.80. The lowest BCUT2D eigenvalue weighted by Gasteiger charge is -2.34. The molecule has 138 valence electrons. The Morgan fingerprint density at radius 2 is 2.04 bits per heavy atom. The van der Waals surface area contributed by atoms with Crippen LogP contribution in [0.15, 0.2) is 42.7 Å². The number of hydrogen-bond donors (Lipinski definition) is 1. The summed E-state index contributed by atoms with van der Waals surface area (Å²) in [5.41, 5.74) is 8.40. The molecule has 1 aliphatic heterocycles. The molecule has 2 N–H and O–H groups in total. The Morgan fingerprint density at radius 3 is 2.68 bits per heavy atom. The Morgan fingerprint density at radius 1 is 1.32 bits per heavy atom. The van der Waals surface area contributed by atoms with Gasteiger partial charge in [0.1, 0.15) is 0 Å². The first kappa shape index (κ1) is 21.5. The molecular formula is C18H26Cl2N4O. The van der Waals surface area contributed by atoms with E-state index in [4.69, 9.17) is 5.73 Å². The van der Waals surface area contributed by atoms with Crippen LogP contribution in [0.5, 0.6) is 0 Å². The largest absolute Gasteiger partial charge is 0.339 e. The van der Waals surface area contributed by atoms with Crippen LogP contribution < -0.4 is 5.73 Å². The van der Waals surface area contributed by atoms with Gasteiger partial charge in [0.15, 0.2) is 0 Å². The van der Waals surface area contributed by atoms with E-state index in [2.05, 4.69) is 5.10 Å². The first-order valence-corrected chi connectivity index (χ1v) is 8.22. The maximum Gasteiger partial charge on any atom is 0.239 e.